The van der Waals surface area contributed by atoms with E-state index >= 15 is 0 Å². The highest BCUT2D eigenvalue weighted by molar-refractivity contribution is 5.94. The molecule has 246 valence electrons. The third kappa shape index (κ3) is 8.15. The number of halogens is 1. The molecule has 1 saturated heterocycles. The van der Waals surface area contributed by atoms with Crippen LogP contribution in [0.15, 0.2) is 85.5 Å². The first-order valence-corrected chi connectivity index (χ1v) is 16.5. The number of nitrogens with zero attached hydrogens (tertiary/aromatic N) is 5. The number of anilines is 3. The van der Waals surface area contributed by atoms with E-state index in [-0.39, 0.29) is 12.4 Å². The maximum absolute atomic E-state index is 13.7. The van der Waals surface area contributed by atoms with Gasteiger partial charge in [-0.3, -0.25) is 0 Å². The summed E-state index contributed by atoms with van der Waals surface area (Å²) in [6.07, 6.45) is 9.00. The van der Waals surface area contributed by atoms with Gasteiger partial charge in [-0.2, -0.15) is 0 Å². The van der Waals surface area contributed by atoms with E-state index in [1.807, 2.05) is 35.0 Å². The first-order valence-electron chi connectivity index (χ1n) is 16.5. The number of hydrazine groups is 1. The van der Waals surface area contributed by atoms with E-state index in [4.69, 9.17) is 5.84 Å². The molecule has 1 aliphatic rings. The predicted molar refractivity (Wildman–Crippen MR) is 186 cm³/mol. The molecule has 0 bridgehead atoms. The summed E-state index contributed by atoms with van der Waals surface area (Å²) in [5.74, 6) is 7.45. The van der Waals surface area contributed by atoms with Crippen molar-refractivity contribution in [3.05, 3.63) is 102 Å². The molecule has 0 amide bonds. The normalized spacial score (nSPS) is 14.8. The van der Waals surface area contributed by atoms with Crippen molar-refractivity contribution in [1.82, 2.24) is 19.4 Å². The van der Waals surface area contributed by atoms with Crippen LogP contribution < -0.4 is 16.2 Å². The van der Waals surface area contributed by atoms with E-state index in [0.29, 0.717) is 31.4 Å². The van der Waals surface area contributed by atoms with E-state index in [1.54, 1.807) is 17.4 Å². The van der Waals surface area contributed by atoms with Crippen LogP contribution in [0, 0.1) is 11.7 Å². The van der Waals surface area contributed by atoms with Gasteiger partial charge in [0.2, 0.25) is 0 Å². The molecule has 9 nitrogen and oxygen atoms in total. The first-order chi connectivity index (χ1) is 22.9. The Balaban J connectivity index is 1.14. The van der Waals surface area contributed by atoms with Crippen LogP contribution >= 0.6 is 0 Å². The monoisotopic (exact) mass is 637 g/mol. The minimum absolute atomic E-state index is 0.258. The lowest BCUT2D eigenvalue weighted by atomic mass is 9.94. The van der Waals surface area contributed by atoms with Crippen molar-refractivity contribution < 1.29 is 14.6 Å². The molecule has 47 heavy (non-hydrogen) atoms. The van der Waals surface area contributed by atoms with Gasteiger partial charge in [0.05, 0.1) is 23.9 Å². The van der Waals surface area contributed by atoms with E-state index in [9.17, 15) is 14.6 Å². The molecule has 3 heterocycles. The summed E-state index contributed by atoms with van der Waals surface area (Å²) < 4.78 is 15.8. The van der Waals surface area contributed by atoms with E-state index in [1.165, 1.54) is 12.1 Å². The zero-order chi connectivity index (χ0) is 32.8. The van der Waals surface area contributed by atoms with Crippen LogP contribution in [-0.4, -0.2) is 62.0 Å². The highest BCUT2D eigenvalue weighted by Gasteiger charge is 2.21. The predicted octanol–water partition coefficient (Wildman–Crippen LogP) is 5.88. The number of nitrogens with one attached hydrogen (secondary N) is 1. The minimum atomic E-state index is -0.461. The maximum atomic E-state index is 13.7. The molecule has 0 aliphatic carbocycles. The number of aryl methyl sites for hydroxylation is 1. The van der Waals surface area contributed by atoms with E-state index in [2.05, 4.69) is 57.6 Å². The SMILES string of the molecule is CCc1cc(Nc2ncnc3ccc(-c4ccn(CC(O)CN5CCC(CCO)CC5)c4)cc23)ccc1N(N)Cc1cccc(F)c1. The fourth-order valence-corrected chi connectivity index (χ4v) is 6.58. The van der Waals surface area contributed by atoms with Gasteiger partial charge >= 0.3 is 0 Å². The third-order valence-electron chi connectivity index (χ3n) is 9.13. The van der Waals surface area contributed by atoms with Gasteiger partial charge in [0, 0.05) is 43.2 Å². The van der Waals surface area contributed by atoms with Crippen LogP contribution in [0.4, 0.5) is 21.6 Å². The molecule has 0 radical (unpaired) electrons. The highest BCUT2D eigenvalue weighted by Crippen LogP contribution is 2.31. The van der Waals surface area contributed by atoms with Crippen molar-refractivity contribution in [2.45, 2.75) is 51.8 Å². The molecule has 1 fully saturated rings. The van der Waals surface area contributed by atoms with Gasteiger partial charge < -0.3 is 30.0 Å². The Morgan fingerprint density at radius 2 is 1.87 bits per heavy atom. The Bertz CT molecular complexity index is 1790. The number of hydrogen-bond donors (Lipinski definition) is 4. The highest BCUT2D eigenvalue weighted by atomic mass is 19.1. The van der Waals surface area contributed by atoms with E-state index < -0.39 is 6.10 Å². The lowest BCUT2D eigenvalue weighted by Crippen LogP contribution is -2.40. The lowest BCUT2D eigenvalue weighted by Gasteiger charge is -2.33. The largest absolute Gasteiger partial charge is 0.396 e. The Morgan fingerprint density at radius 1 is 1.02 bits per heavy atom. The fourth-order valence-electron chi connectivity index (χ4n) is 6.58. The number of fused-ring (bicyclic) bond motifs is 1. The van der Waals surface area contributed by atoms with Gasteiger partial charge in [-0.15, -0.1) is 0 Å². The zero-order valence-electron chi connectivity index (χ0n) is 26.9. The number of aromatic nitrogens is 3. The van der Waals surface area contributed by atoms with Crippen LogP contribution in [0.2, 0.25) is 0 Å². The average molecular weight is 638 g/mol. The second-order valence-electron chi connectivity index (χ2n) is 12.5. The van der Waals surface area contributed by atoms with Gasteiger partial charge in [-0.1, -0.05) is 25.1 Å². The molecular weight excluding hydrogens is 593 g/mol. The summed E-state index contributed by atoms with van der Waals surface area (Å²) >= 11 is 0. The number of aliphatic hydroxyl groups excluding tert-OH is 2. The maximum Gasteiger partial charge on any atom is 0.141 e. The summed E-state index contributed by atoms with van der Waals surface area (Å²) in [6.45, 7) is 5.85. The number of aliphatic hydroxyl groups is 2. The van der Waals surface area contributed by atoms with Crippen LogP contribution in [0.1, 0.15) is 37.3 Å². The number of hydrogen-bond acceptors (Lipinski definition) is 8. The van der Waals surface area contributed by atoms with Crippen molar-refractivity contribution in [3.8, 4) is 11.1 Å². The Labute approximate surface area is 275 Å². The molecule has 0 spiro atoms. The summed E-state index contributed by atoms with van der Waals surface area (Å²) in [4.78, 5) is 11.4. The standard InChI is InChI=1S/C37H44FN7O2/c1-2-28-19-32(7-9-36(28)45(39)21-27-4-3-5-31(38)18-27)42-37-34-20-29(6-8-35(34)40-25-41-37)30-12-16-44(22-30)24-33(47)23-43-14-10-26(11-15-43)13-17-46/h3-9,12,16,18-20,22,25-26,33,46-47H,2,10-11,13-15,17,21,23-24,39H2,1H3,(H,40,41,42). The molecular formula is C37H44FN7O2. The van der Waals surface area contributed by atoms with Gasteiger partial charge in [0.1, 0.15) is 18.0 Å². The van der Waals surface area contributed by atoms with E-state index in [0.717, 1.165) is 83.3 Å². The smallest absolute Gasteiger partial charge is 0.141 e. The van der Waals surface area contributed by atoms with Crippen LogP contribution in [-0.2, 0) is 19.5 Å². The number of piperidine rings is 1. The molecule has 1 unspecified atom stereocenters. The number of nitrogens with two attached hydrogens (primary N) is 1. The van der Waals surface area contributed by atoms with Crippen molar-refractivity contribution in [2.24, 2.45) is 11.8 Å². The second-order valence-corrected chi connectivity index (χ2v) is 12.5. The van der Waals surface area contributed by atoms with Crippen LogP contribution in [0.25, 0.3) is 22.0 Å². The van der Waals surface area contributed by atoms with Gasteiger partial charge in [-0.25, -0.2) is 20.2 Å². The van der Waals surface area contributed by atoms with Crippen molar-refractivity contribution >= 4 is 28.1 Å². The van der Waals surface area contributed by atoms with Gasteiger partial charge in [-0.05, 0) is 115 Å². The number of rotatable bonds is 13. The second kappa shape index (κ2) is 15.0. The molecule has 5 N–H and O–H groups in total. The average Bonchev–Trinajstić information content (AvgIpc) is 3.54. The number of benzene rings is 3. The topological polar surface area (TPSA) is 116 Å². The molecule has 0 saturated carbocycles. The van der Waals surface area contributed by atoms with Gasteiger partial charge in [0.15, 0.2) is 0 Å². The van der Waals surface area contributed by atoms with Crippen LogP contribution in [0.5, 0.6) is 0 Å². The van der Waals surface area contributed by atoms with Crippen LogP contribution in [0.3, 0.4) is 0 Å². The Kier molecular flexibility index (Phi) is 10.4. The number of likely N-dealkylation sites (tertiary alicyclic amines) is 1. The lowest BCUT2D eigenvalue weighted by molar-refractivity contribution is 0.0745. The third-order valence-corrected chi connectivity index (χ3v) is 9.13. The molecule has 3 aromatic carbocycles. The van der Waals surface area contributed by atoms with Crippen molar-refractivity contribution in [2.75, 3.05) is 36.6 Å². The first kappa shape index (κ1) is 32.6. The molecule has 10 heteroatoms. The Morgan fingerprint density at radius 3 is 2.66 bits per heavy atom. The summed E-state index contributed by atoms with van der Waals surface area (Å²) in [5, 5.41) is 26.1. The molecule has 5 aromatic rings. The number of β-amino-alcohol motifs (C(OH)–C–C–N with tert-alkyl or cyclic N) is 1. The molecule has 2 aromatic heterocycles. The minimum Gasteiger partial charge on any atom is -0.396 e. The fraction of sp³-hybridized carbons (Fsp3) is 0.351. The quantitative estimate of drug-likeness (QED) is 0.0935. The zero-order valence-corrected chi connectivity index (χ0v) is 26.9. The Hall–Kier alpha value is -4.35. The summed E-state index contributed by atoms with van der Waals surface area (Å²) in [5.41, 5.74) is 6.55. The summed E-state index contributed by atoms with van der Waals surface area (Å²) in [7, 11) is 0. The van der Waals surface area contributed by atoms with Crippen molar-refractivity contribution in [3.63, 3.8) is 0 Å². The van der Waals surface area contributed by atoms with Crippen molar-refractivity contribution in [1.29, 1.82) is 0 Å². The summed E-state index contributed by atoms with van der Waals surface area (Å²) in [6, 6.07) is 20.7. The molecule has 6 rings (SSSR count). The molecule has 1 atom stereocenters. The molecule has 1 aliphatic heterocycles. The van der Waals surface area contributed by atoms with Gasteiger partial charge in [0.25, 0.3) is 0 Å².